The van der Waals surface area contributed by atoms with E-state index in [4.69, 9.17) is 5.73 Å². The average molecular weight is 179 g/mol. The van der Waals surface area contributed by atoms with Gasteiger partial charge in [0.2, 0.25) is 0 Å². The molecule has 0 saturated heterocycles. The Labute approximate surface area is 77.3 Å². The molecule has 0 fully saturated rings. The third-order valence-electron chi connectivity index (χ3n) is 2.21. The quantitative estimate of drug-likeness (QED) is 0.620. The molecule has 12 heavy (non-hydrogen) atoms. The van der Waals surface area contributed by atoms with Gasteiger partial charge in [-0.05, 0) is 36.6 Å². The van der Waals surface area contributed by atoms with Crippen LogP contribution in [0, 0.1) is 0 Å². The minimum absolute atomic E-state index is 0.958. The summed E-state index contributed by atoms with van der Waals surface area (Å²) in [6.07, 6.45) is 3.83. The molecule has 0 bridgehead atoms. The minimum Gasteiger partial charge on any atom is -0.398 e. The van der Waals surface area contributed by atoms with E-state index in [0.717, 1.165) is 5.69 Å². The van der Waals surface area contributed by atoms with Crippen LogP contribution in [0.15, 0.2) is 23.1 Å². The van der Waals surface area contributed by atoms with Crippen molar-refractivity contribution in [3.05, 3.63) is 23.8 Å². The molecule has 1 aromatic rings. The number of thioether (sulfide) groups is 1. The molecular weight excluding hydrogens is 166 g/mol. The van der Waals surface area contributed by atoms with Crippen LogP contribution in [0.5, 0.6) is 0 Å². The Morgan fingerprint density at radius 3 is 3.08 bits per heavy atom. The summed E-state index contributed by atoms with van der Waals surface area (Å²) in [5.74, 6) is 1.22. The van der Waals surface area contributed by atoms with E-state index >= 15 is 0 Å². The van der Waals surface area contributed by atoms with Gasteiger partial charge in [-0.25, -0.2) is 0 Å². The topological polar surface area (TPSA) is 26.0 Å². The van der Waals surface area contributed by atoms with Crippen molar-refractivity contribution in [2.24, 2.45) is 0 Å². The fourth-order valence-electron chi connectivity index (χ4n) is 1.57. The van der Waals surface area contributed by atoms with Crippen LogP contribution >= 0.6 is 11.8 Å². The van der Waals surface area contributed by atoms with E-state index in [2.05, 4.69) is 12.1 Å². The monoisotopic (exact) mass is 179 g/mol. The molecule has 0 atom stereocenters. The number of rotatable bonds is 0. The van der Waals surface area contributed by atoms with E-state index in [9.17, 15) is 0 Å². The van der Waals surface area contributed by atoms with Gasteiger partial charge in [-0.1, -0.05) is 12.1 Å². The van der Waals surface area contributed by atoms with E-state index in [1.807, 2.05) is 17.8 Å². The normalized spacial score (nSPS) is 16.7. The van der Waals surface area contributed by atoms with Gasteiger partial charge in [0.15, 0.2) is 0 Å². The van der Waals surface area contributed by atoms with Crippen LogP contribution in [0.25, 0.3) is 0 Å². The number of benzene rings is 1. The van der Waals surface area contributed by atoms with Crippen molar-refractivity contribution in [2.75, 3.05) is 11.5 Å². The van der Waals surface area contributed by atoms with Crippen LogP contribution < -0.4 is 5.73 Å². The van der Waals surface area contributed by atoms with Gasteiger partial charge < -0.3 is 5.73 Å². The van der Waals surface area contributed by atoms with Crippen LogP contribution in [0.3, 0.4) is 0 Å². The first-order valence-corrected chi connectivity index (χ1v) is 5.36. The van der Waals surface area contributed by atoms with E-state index in [1.54, 1.807) is 0 Å². The zero-order chi connectivity index (χ0) is 8.39. The maximum absolute atomic E-state index is 5.89. The molecule has 2 N–H and O–H groups in total. The molecule has 0 amide bonds. The highest BCUT2D eigenvalue weighted by Gasteiger charge is 2.09. The number of hydrogen-bond donors (Lipinski definition) is 1. The van der Waals surface area contributed by atoms with Crippen LogP contribution in [0.2, 0.25) is 0 Å². The summed E-state index contributed by atoms with van der Waals surface area (Å²) in [5.41, 5.74) is 8.29. The van der Waals surface area contributed by atoms with Crippen molar-refractivity contribution < 1.29 is 0 Å². The molecule has 0 radical (unpaired) electrons. The fourth-order valence-corrected chi connectivity index (χ4v) is 2.71. The maximum Gasteiger partial charge on any atom is 0.0455 e. The summed E-state index contributed by atoms with van der Waals surface area (Å²) in [6.45, 7) is 0. The molecule has 0 aliphatic carbocycles. The van der Waals surface area contributed by atoms with Crippen molar-refractivity contribution in [3.8, 4) is 0 Å². The second-order valence-electron chi connectivity index (χ2n) is 3.14. The first-order valence-electron chi connectivity index (χ1n) is 4.38. The van der Waals surface area contributed by atoms with Crippen LogP contribution in [-0.2, 0) is 6.42 Å². The zero-order valence-electron chi connectivity index (χ0n) is 7.05. The van der Waals surface area contributed by atoms with Gasteiger partial charge in [0.05, 0.1) is 0 Å². The lowest BCUT2D eigenvalue weighted by atomic mass is 10.1. The predicted octanol–water partition coefficient (Wildman–Crippen LogP) is 2.70. The molecule has 1 heterocycles. The van der Waals surface area contributed by atoms with Crippen molar-refractivity contribution in [3.63, 3.8) is 0 Å². The SMILES string of the molecule is Nc1cccc2c1SCCCC2. The van der Waals surface area contributed by atoms with Gasteiger partial charge in [-0.2, -0.15) is 0 Å². The Hall–Kier alpha value is -0.630. The molecule has 0 unspecified atom stereocenters. The molecule has 1 nitrogen and oxygen atoms in total. The standard InChI is InChI=1S/C10H13NS/c11-9-6-3-5-8-4-1-2-7-12-10(8)9/h3,5-6H,1-2,4,7,11H2. The number of nitrogen functional groups attached to an aromatic ring is 1. The van der Waals surface area contributed by atoms with Gasteiger partial charge in [-0.3, -0.25) is 0 Å². The highest BCUT2D eigenvalue weighted by Crippen LogP contribution is 2.33. The average Bonchev–Trinajstić information content (AvgIpc) is 2.30. The molecule has 1 aromatic carbocycles. The van der Waals surface area contributed by atoms with E-state index in [0.29, 0.717) is 0 Å². The van der Waals surface area contributed by atoms with Gasteiger partial charge >= 0.3 is 0 Å². The summed E-state index contributed by atoms with van der Waals surface area (Å²) in [5, 5.41) is 0. The van der Waals surface area contributed by atoms with Crippen LogP contribution in [-0.4, -0.2) is 5.75 Å². The van der Waals surface area contributed by atoms with Crippen molar-refractivity contribution >= 4 is 17.4 Å². The summed E-state index contributed by atoms with van der Waals surface area (Å²) < 4.78 is 0. The maximum atomic E-state index is 5.89. The van der Waals surface area contributed by atoms with Crippen LogP contribution in [0.1, 0.15) is 18.4 Å². The van der Waals surface area contributed by atoms with Crippen molar-refractivity contribution in [2.45, 2.75) is 24.2 Å². The molecule has 2 rings (SSSR count). The van der Waals surface area contributed by atoms with Crippen molar-refractivity contribution in [1.82, 2.24) is 0 Å². The highest BCUT2D eigenvalue weighted by molar-refractivity contribution is 7.99. The summed E-state index contributed by atoms with van der Waals surface area (Å²) in [6, 6.07) is 6.25. The first kappa shape index (κ1) is 7.99. The zero-order valence-corrected chi connectivity index (χ0v) is 7.86. The molecule has 0 spiro atoms. The molecule has 1 aliphatic heterocycles. The van der Waals surface area contributed by atoms with Gasteiger partial charge in [0.1, 0.15) is 0 Å². The number of anilines is 1. The molecule has 64 valence electrons. The smallest absolute Gasteiger partial charge is 0.0455 e. The van der Waals surface area contributed by atoms with Crippen molar-refractivity contribution in [1.29, 1.82) is 0 Å². The van der Waals surface area contributed by atoms with Crippen LogP contribution in [0.4, 0.5) is 5.69 Å². The van der Waals surface area contributed by atoms with E-state index in [-0.39, 0.29) is 0 Å². The number of aryl methyl sites for hydroxylation is 1. The number of fused-ring (bicyclic) bond motifs is 1. The second kappa shape index (κ2) is 3.40. The third kappa shape index (κ3) is 1.44. The number of hydrogen-bond acceptors (Lipinski definition) is 2. The first-order chi connectivity index (χ1) is 5.88. The summed E-state index contributed by atoms with van der Waals surface area (Å²) in [7, 11) is 0. The minimum atomic E-state index is 0.958. The Kier molecular flexibility index (Phi) is 2.26. The highest BCUT2D eigenvalue weighted by atomic mass is 32.2. The Balaban J connectivity index is 2.42. The summed E-state index contributed by atoms with van der Waals surface area (Å²) >= 11 is 1.91. The fraction of sp³-hybridized carbons (Fsp3) is 0.400. The molecule has 0 aromatic heterocycles. The molecular formula is C10H13NS. The molecule has 2 heteroatoms. The van der Waals surface area contributed by atoms with Gasteiger partial charge in [-0.15, -0.1) is 11.8 Å². The van der Waals surface area contributed by atoms with E-state index < -0.39 is 0 Å². The Bertz CT molecular complexity index is 283. The Morgan fingerprint density at radius 2 is 2.17 bits per heavy atom. The Morgan fingerprint density at radius 1 is 1.25 bits per heavy atom. The lowest BCUT2D eigenvalue weighted by Crippen LogP contribution is -1.92. The second-order valence-corrected chi connectivity index (χ2v) is 4.25. The molecule has 1 aliphatic rings. The largest absolute Gasteiger partial charge is 0.398 e. The summed E-state index contributed by atoms with van der Waals surface area (Å²) in [4.78, 5) is 1.33. The lowest BCUT2D eigenvalue weighted by Gasteiger charge is -2.06. The lowest BCUT2D eigenvalue weighted by molar-refractivity contribution is 0.805. The predicted molar refractivity (Wildman–Crippen MR) is 54.5 cm³/mol. The van der Waals surface area contributed by atoms with Gasteiger partial charge in [0, 0.05) is 10.6 Å². The number of nitrogens with two attached hydrogens (primary N) is 1. The van der Waals surface area contributed by atoms with Gasteiger partial charge in [0.25, 0.3) is 0 Å². The third-order valence-corrected chi connectivity index (χ3v) is 3.49. The molecule has 0 saturated carbocycles. The van der Waals surface area contributed by atoms with E-state index in [1.165, 1.54) is 35.5 Å².